The fourth-order valence-electron chi connectivity index (χ4n) is 2.59. The van der Waals surface area contributed by atoms with Crippen LogP contribution in [0.4, 0.5) is 0 Å². The van der Waals surface area contributed by atoms with Crippen LogP contribution in [0.2, 0.25) is 0 Å². The van der Waals surface area contributed by atoms with Crippen molar-refractivity contribution in [3.05, 3.63) is 71.3 Å². The van der Waals surface area contributed by atoms with Gasteiger partial charge in [0.05, 0.1) is 0 Å². The SMILES string of the molecule is O=C(/C=C/c1cccc(O)c1)N1CCc2ccccc2C1. The number of fused-ring (bicyclic) bond motifs is 1. The van der Waals surface area contributed by atoms with Gasteiger partial charge in [-0.1, -0.05) is 36.4 Å². The second kappa shape index (κ2) is 5.83. The van der Waals surface area contributed by atoms with Crippen molar-refractivity contribution in [2.45, 2.75) is 13.0 Å². The lowest BCUT2D eigenvalue weighted by Crippen LogP contribution is -2.34. The van der Waals surface area contributed by atoms with E-state index < -0.39 is 0 Å². The zero-order valence-electron chi connectivity index (χ0n) is 11.7. The Balaban J connectivity index is 1.69. The number of phenols is 1. The van der Waals surface area contributed by atoms with Crippen LogP contribution < -0.4 is 0 Å². The maximum Gasteiger partial charge on any atom is 0.246 e. The van der Waals surface area contributed by atoms with E-state index in [1.807, 2.05) is 23.1 Å². The Kier molecular flexibility index (Phi) is 3.73. The molecule has 0 aromatic heterocycles. The fourth-order valence-corrected chi connectivity index (χ4v) is 2.59. The molecule has 0 aliphatic carbocycles. The highest BCUT2D eigenvalue weighted by Crippen LogP contribution is 2.19. The topological polar surface area (TPSA) is 40.5 Å². The molecule has 1 heterocycles. The Bertz CT molecular complexity index is 691. The van der Waals surface area contributed by atoms with Crippen LogP contribution in [0.3, 0.4) is 0 Å². The van der Waals surface area contributed by atoms with Gasteiger partial charge in [0.25, 0.3) is 0 Å². The van der Waals surface area contributed by atoms with Crippen molar-refractivity contribution in [2.75, 3.05) is 6.54 Å². The molecule has 3 rings (SSSR count). The highest BCUT2D eigenvalue weighted by Gasteiger charge is 2.18. The van der Waals surface area contributed by atoms with Crippen molar-refractivity contribution in [3.63, 3.8) is 0 Å². The molecule has 1 N–H and O–H groups in total. The molecule has 2 aromatic carbocycles. The average Bonchev–Trinajstić information content (AvgIpc) is 2.52. The Labute approximate surface area is 124 Å². The van der Waals surface area contributed by atoms with Crippen molar-refractivity contribution < 1.29 is 9.90 Å². The number of carbonyl (C=O) groups is 1. The molecule has 0 unspecified atom stereocenters. The van der Waals surface area contributed by atoms with Crippen molar-refractivity contribution >= 4 is 12.0 Å². The van der Waals surface area contributed by atoms with E-state index in [1.54, 1.807) is 30.4 Å². The summed E-state index contributed by atoms with van der Waals surface area (Å²) in [6, 6.07) is 15.1. The highest BCUT2D eigenvalue weighted by atomic mass is 16.3. The normalized spacial score (nSPS) is 14.2. The number of hydrogen-bond acceptors (Lipinski definition) is 2. The third kappa shape index (κ3) is 3.14. The van der Waals surface area contributed by atoms with Gasteiger partial charge in [0.15, 0.2) is 0 Å². The lowest BCUT2D eigenvalue weighted by molar-refractivity contribution is -0.126. The molecule has 0 saturated heterocycles. The maximum atomic E-state index is 12.2. The average molecular weight is 279 g/mol. The lowest BCUT2D eigenvalue weighted by Gasteiger charge is -2.27. The summed E-state index contributed by atoms with van der Waals surface area (Å²) in [6.07, 6.45) is 4.22. The van der Waals surface area contributed by atoms with Gasteiger partial charge in [0.1, 0.15) is 5.75 Å². The second-order valence-corrected chi connectivity index (χ2v) is 5.21. The number of amides is 1. The van der Waals surface area contributed by atoms with Crippen molar-refractivity contribution in [1.82, 2.24) is 4.90 Å². The quantitative estimate of drug-likeness (QED) is 0.859. The first kappa shape index (κ1) is 13.4. The van der Waals surface area contributed by atoms with Gasteiger partial charge < -0.3 is 10.0 Å². The van der Waals surface area contributed by atoms with Gasteiger partial charge in [-0.2, -0.15) is 0 Å². The Morgan fingerprint density at radius 3 is 2.71 bits per heavy atom. The molecule has 0 spiro atoms. The molecule has 3 heteroatoms. The minimum atomic E-state index is 0.00726. The molecule has 3 nitrogen and oxygen atoms in total. The van der Waals surface area contributed by atoms with E-state index in [0.29, 0.717) is 6.54 Å². The molecule has 0 fully saturated rings. The molecule has 0 atom stereocenters. The van der Waals surface area contributed by atoms with E-state index >= 15 is 0 Å². The van der Waals surface area contributed by atoms with Gasteiger partial charge in [0.2, 0.25) is 5.91 Å². The number of hydrogen-bond donors (Lipinski definition) is 1. The molecular weight excluding hydrogens is 262 g/mol. The summed E-state index contributed by atoms with van der Waals surface area (Å²) >= 11 is 0. The standard InChI is InChI=1S/C18H17NO2/c20-17-7-3-4-14(12-17)8-9-18(21)19-11-10-15-5-1-2-6-16(15)13-19/h1-9,12,20H,10-11,13H2/b9-8+. The molecule has 1 aliphatic rings. The maximum absolute atomic E-state index is 12.2. The van der Waals surface area contributed by atoms with Crippen LogP contribution in [0.1, 0.15) is 16.7 Å². The van der Waals surface area contributed by atoms with E-state index in [4.69, 9.17) is 0 Å². The van der Waals surface area contributed by atoms with Crippen molar-refractivity contribution in [3.8, 4) is 5.75 Å². The molecule has 0 bridgehead atoms. The largest absolute Gasteiger partial charge is 0.508 e. The molecular formula is C18H17NO2. The first-order valence-corrected chi connectivity index (χ1v) is 7.05. The van der Waals surface area contributed by atoms with Gasteiger partial charge in [-0.25, -0.2) is 0 Å². The summed E-state index contributed by atoms with van der Waals surface area (Å²) in [5.41, 5.74) is 3.38. The van der Waals surface area contributed by atoms with Gasteiger partial charge in [-0.15, -0.1) is 0 Å². The molecule has 0 saturated carbocycles. The van der Waals surface area contributed by atoms with Gasteiger partial charge in [0, 0.05) is 19.2 Å². The predicted molar refractivity (Wildman–Crippen MR) is 82.7 cm³/mol. The van der Waals surface area contributed by atoms with Crippen LogP contribution in [0.5, 0.6) is 5.75 Å². The monoisotopic (exact) mass is 279 g/mol. The second-order valence-electron chi connectivity index (χ2n) is 5.21. The molecule has 106 valence electrons. The molecule has 1 amide bonds. The van der Waals surface area contributed by atoms with Gasteiger partial charge >= 0.3 is 0 Å². The summed E-state index contributed by atoms with van der Waals surface area (Å²) in [5.74, 6) is 0.212. The molecule has 2 aromatic rings. The molecule has 21 heavy (non-hydrogen) atoms. The molecule has 1 aliphatic heterocycles. The third-order valence-corrected chi connectivity index (χ3v) is 3.73. The predicted octanol–water partition coefficient (Wildman–Crippen LogP) is 2.99. The zero-order valence-corrected chi connectivity index (χ0v) is 11.7. The first-order valence-electron chi connectivity index (χ1n) is 7.05. The third-order valence-electron chi connectivity index (χ3n) is 3.73. The lowest BCUT2D eigenvalue weighted by atomic mass is 10.00. The number of carbonyl (C=O) groups excluding carboxylic acids is 1. The summed E-state index contributed by atoms with van der Waals surface area (Å²) in [7, 11) is 0. The van der Waals surface area contributed by atoms with E-state index in [9.17, 15) is 9.90 Å². The summed E-state index contributed by atoms with van der Waals surface area (Å²) in [6.45, 7) is 1.42. The number of nitrogens with zero attached hydrogens (tertiary/aromatic N) is 1. The Morgan fingerprint density at radius 2 is 1.90 bits per heavy atom. The van der Waals surface area contributed by atoms with Crippen LogP contribution in [0, 0.1) is 0 Å². The number of aromatic hydroxyl groups is 1. The van der Waals surface area contributed by atoms with Crippen LogP contribution in [-0.2, 0) is 17.8 Å². The first-order chi connectivity index (χ1) is 10.2. The Morgan fingerprint density at radius 1 is 1.10 bits per heavy atom. The van der Waals surface area contributed by atoms with E-state index in [0.717, 1.165) is 18.5 Å². The fraction of sp³-hybridized carbons (Fsp3) is 0.167. The van der Waals surface area contributed by atoms with Crippen molar-refractivity contribution in [2.24, 2.45) is 0 Å². The molecule has 0 radical (unpaired) electrons. The van der Waals surface area contributed by atoms with E-state index in [1.165, 1.54) is 11.1 Å². The van der Waals surface area contributed by atoms with Crippen LogP contribution in [-0.4, -0.2) is 22.5 Å². The van der Waals surface area contributed by atoms with E-state index in [2.05, 4.69) is 12.1 Å². The minimum Gasteiger partial charge on any atom is -0.508 e. The number of rotatable bonds is 2. The van der Waals surface area contributed by atoms with Crippen molar-refractivity contribution in [1.29, 1.82) is 0 Å². The number of phenolic OH excluding ortho intramolecular Hbond substituents is 1. The van der Waals surface area contributed by atoms with Gasteiger partial charge in [-0.3, -0.25) is 4.79 Å². The minimum absolute atomic E-state index is 0.00726. The van der Waals surface area contributed by atoms with E-state index in [-0.39, 0.29) is 11.7 Å². The Hall–Kier alpha value is -2.55. The smallest absolute Gasteiger partial charge is 0.246 e. The van der Waals surface area contributed by atoms with Crippen LogP contribution >= 0.6 is 0 Å². The highest BCUT2D eigenvalue weighted by molar-refractivity contribution is 5.92. The van der Waals surface area contributed by atoms with Crippen LogP contribution in [0.25, 0.3) is 6.08 Å². The zero-order chi connectivity index (χ0) is 14.7. The van der Waals surface area contributed by atoms with Crippen LogP contribution in [0.15, 0.2) is 54.6 Å². The summed E-state index contributed by atoms with van der Waals surface area (Å²) in [5, 5.41) is 9.41. The summed E-state index contributed by atoms with van der Waals surface area (Å²) in [4.78, 5) is 14.1. The number of benzene rings is 2. The summed E-state index contributed by atoms with van der Waals surface area (Å²) < 4.78 is 0. The van der Waals surface area contributed by atoms with Gasteiger partial charge in [-0.05, 0) is 41.3 Å².